The number of piperidine rings is 1. The molecule has 6 nitrogen and oxygen atoms in total. The first kappa shape index (κ1) is 28.4. The van der Waals surface area contributed by atoms with Gasteiger partial charge in [0, 0.05) is 30.1 Å². The van der Waals surface area contributed by atoms with Crippen LogP contribution in [0.1, 0.15) is 73.5 Å². The van der Waals surface area contributed by atoms with Crippen molar-refractivity contribution < 1.29 is 19.1 Å². The van der Waals surface area contributed by atoms with Gasteiger partial charge in [-0.3, -0.25) is 9.59 Å². The lowest BCUT2D eigenvalue weighted by atomic mass is 9.89. The quantitative estimate of drug-likeness (QED) is 0.275. The molecule has 1 saturated heterocycles. The zero-order valence-electron chi connectivity index (χ0n) is 23.5. The molecule has 39 heavy (non-hydrogen) atoms. The number of rotatable bonds is 11. The van der Waals surface area contributed by atoms with Crippen LogP contribution < -0.4 is 14.8 Å². The van der Waals surface area contributed by atoms with Crippen LogP contribution in [-0.2, 0) is 4.79 Å². The van der Waals surface area contributed by atoms with Crippen molar-refractivity contribution in [2.45, 2.75) is 52.1 Å². The summed E-state index contributed by atoms with van der Waals surface area (Å²) in [4.78, 5) is 26.6. The maximum atomic E-state index is 12.1. The first-order valence-corrected chi connectivity index (χ1v) is 13.9. The lowest BCUT2D eigenvalue weighted by Gasteiger charge is -2.33. The Hall–Kier alpha value is -3.64. The number of likely N-dealkylation sites (tertiary alicyclic amines) is 1. The van der Waals surface area contributed by atoms with Crippen LogP contribution in [0.15, 0.2) is 72.8 Å². The van der Waals surface area contributed by atoms with Crippen molar-refractivity contribution in [1.82, 2.24) is 4.90 Å². The fourth-order valence-corrected chi connectivity index (χ4v) is 5.05. The molecule has 3 aromatic rings. The molecule has 0 bridgehead atoms. The molecule has 1 N–H and O–H groups in total. The number of hydrogen-bond donors (Lipinski definition) is 1. The fraction of sp³-hybridized carbons (Fsp3) is 0.394. The topological polar surface area (TPSA) is 67.9 Å². The number of nitrogens with zero attached hydrogens (tertiary/aromatic N) is 1. The first-order valence-electron chi connectivity index (χ1n) is 13.9. The number of benzene rings is 3. The van der Waals surface area contributed by atoms with E-state index in [4.69, 9.17) is 9.47 Å². The van der Waals surface area contributed by atoms with E-state index in [-0.39, 0.29) is 23.7 Å². The number of carbonyl (C=O) groups excluding carboxylic acids is 2. The maximum Gasteiger partial charge on any atom is 0.226 e. The molecule has 3 aromatic carbocycles. The number of anilines is 1. The summed E-state index contributed by atoms with van der Waals surface area (Å²) in [5.74, 6) is 1.68. The van der Waals surface area contributed by atoms with Crippen LogP contribution in [-0.4, -0.2) is 43.3 Å². The van der Waals surface area contributed by atoms with Gasteiger partial charge in [-0.2, -0.15) is 0 Å². The zero-order chi connectivity index (χ0) is 27.8. The third-order valence-corrected chi connectivity index (χ3v) is 7.46. The van der Waals surface area contributed by atoms with E-state index < -0.39 is 0 Å². The number of amides is 1. The van der Waals surface area contributed by atoms with Crippen molar-refractivity contribution in [3.63, 3.8) is 0 Å². The summed E-state index contributed by atoms with van der Waals surface area (Å²) >= 11 is 0. The summed E-state index contributed by atoms with van der Waals surface area (Å²) in [6, 6.07) is 23.9. The molecule has 1 atom stereocenters. The molecule has 4 rings (SSSR count). The van der Waals surface area contributed by atoms with Crippen molar-refractivity contribution in [1.29, 1.82) is 0 Å². The van der Waals surface area contributed by atoms with Crippen LogP contribution >= 0.6 is 0 Å². The highest BCUT2D eigenvalue weighted by Crippen LogP contribution is 2.35. The molecule has 1 fully saturated rings. The highest BCUT2D eigenvalue weighted by Gasteiger charge is 2.23. The summed E-state index contributed by atoms with van der Waals surface area (Å²) in [6.07, 6.45) is 2.81. The predicted octanol–water partition coefficient (Wildman–Crippen LogP) is 6.88. The molecular weight excluding hydrogens is 488 g/mol. The van der Waals surface area contributed by atoms with Crippen LogP contribution in [0.3, 0.4) is 0 Å². The maximum absolute atomic E-state index is 12.1. The Morgan fingerprint density at radius 3 is 2.36 bits per heavy atom. The second-order valence-corrected chi connectivity index (χ2v) is 10.6. The van der Waals surface area contributed by atoms with Crippen LogP contribution in [0.2, 0.25) is 0 Å². The molecule has 0 aromatic heterocycles. The molecular formula is C33H40N2O4. The fourth-order valence-electron chi connectivity index (χ4n) is 5.05. The molecule has 0 aliphatic carbocycles. The number of carbonyl (C=O) groups is 2. The largest absolute Gasteiger partial charge is 0.493 e. The van der Waals surface area contributed by atoms with Gasteiger partial charge in [0.15, 0.2) is 17.3 Å². The van der Waals surface area contributed by atoms with Crippen molar-refractivity contribution in [2.24, 2.45) is 5.92 Å². The summed E-state index contributed by atoms with van der Waals surface area (Å²) < 4.78 is 12.1. The van der Waals surface area contributed by atoms with E-state index in [9.17, 15) is 9.59 Å². The van der Waals surface area contributed by atoms with Gasteiger partial charge in [-0.25, -0.2) is 0 Å². The smallest absolute Gasteiger partial charge is 0.226 e. The van der Waals surface area contributed by atoms with Gasteiger partial charge in [0.2, 0.25) is 5.91 Å². The minimum Gasteiger partial charge on any atom is -0.493 e. The van der Waals surface area contributed by atoms with E-state index in [0.717, 1.165) is 50.1 Å². The third kappa shape index (κ3) is 7.70. The molecule has 1 heterocycles. The Bertz CT molecular complexity index is 1250. The van der Waals surface area contributed by atoms with Crippen LogP contribution in [0, 0.1) is 5.92 Å². The van der Waals surface area contributed by atoms with Gasteiger partial charge in [-0.05, 0) is 80.2 Å². The Balaban J connectivity index is 1.39. The standard InChI is InChI=1S/C33H40N2O4/c1-23(2)33(37)34-29-12-8-11-28(21-29)25-15-18-35(19-16-25)20-17-30(26-9-6-5-7-10-26)39-32-22-27(24(3)36)13-14-31(32)38-4/h5-14,21-23,25,30H,15-20H2,1-4H3,(H,34,37)/t30-/m0/s1. The Morgan fingerprint density at radius 1 is 0.949 bits per heavy atom. The van der Waals surface area contributed by atoms with Crippen molar-refractivity contribution >= 4 is 17.4 Å². The lowest BCUT2D eigenvalue weighted by molar-refractivity contribution is -0.118. The summed E-state index contributed by atoms with van der Waals surface area (Å²) in [5.41, 5.74) is 3.87. The SMILES string of the molecule is COc1ccc(C(C)=O)cc1O[C@@H](CCN1CCC(c2cccc(NC(=O)C(C)C)c2)CC1)c1ccccc1. The number of ether oxygens (including phenoxy) is 2. The van der Waals surface area contributed by atoms with Crippen LogP contribution in [0.5, 0.6) is 11.5 Å². The molecule has 0 saturated carbocycles. The second-order valence-electron chi connectivity index (χ2n) is 10.6. The number of ketones is 1. The van der Waals surface area contributed by atoms with Crippen molar-refractivity contribution in [3.8, 4) is 11.5 Å². The van der Waals surface area contributed by atoms with Crippen molar-refractivity contribution in [2.75, 3.05) is 32.1 Å². The lowest BCUT2D eigenvalue weighted by Crippen LogP contribution is -2.34. The number of hydrogen-bond acceptors (Lipinski definition) is 5. The van der Waals surface area contributed by atoms with Gasteiger partial charge in [0.05, 0.1) is 7.11 Å². The third-order valence-electron chi connectivity index (χ3n) is 7.46. The predicted molar refractivity (Wildman–Crippen MR) is 156 cm³/mol. The molecule has 1 amide bonds. The monoisotopic (exact) mass is 528 g/mol. The normalized spacial score (nSPS) is 15.1. The van der Waals surface area contributed by atoms with Gasteiger partial charge >= 0.3 is 0 Å². The Labute approximate surface area is 232 Å². The molecule has 1 aliphatic rings. The average molecular weight is 529 g/mol. The number of methoxy groups -OCH3 is 1. The highest BCUT2D eigenvalue weighted by molar-refractivity contribution is 5.94. The van der Waals surface area contributed by atoms with Crippen LogP contribution in [0.25, 0.3) is 0 Å². The van der Waals surface area contributed by atoms with Gasteiger partial charge in [0.25, 0.3) is 0 Å². The van der Waals surface area contributed by atoms with E-state index in [1.807, 2.05) is 44.2 Å². The van der Waals surface area contributed by atoms with Gasteiger partial charge in [0.1, 0.15) is 6.10 Å². The number of Topliss-reactive ketones (excluding diaryl/α,β-unsaturated/α-hetero) is 1. The first-order chi connectivity index (χ1) is 18.8. The second kappa shape index (κ2) is 13.4. The Kier molecular flexibility index (Phi) is 9.77. The van der Waals surface area contributed by atoms with E-state index >= 15 is 0 Å². The Morgan fingerprint density at radius 2 is 1.69 bits per heavy atom. The summed E-state index contributed by atoms with van der Waals surface area (Å²) in [6.45, 7) is 8.30. The average Bonchev–Trinajstić information content (AvgIpc) is 2.96. The minimum atomic E-state index is -0.165. The van der Waals surface area contributed by atoms with E-state index in [1.54, 1.807) is 32.2 Å². The van der Waals surface area contributed by atoms with Crippen LogP contribution in [0.4, 0.5) is 5.69 Å². The molecule has 6 heteroatoms. The minimum absolute atomic E-state index is 0.00512. The highest BCUT2D eigenvalue weighted by atomic mass is 16.5. The molecule has 0 unspecified atom stereocenters. The van der Waals surface area contributed by atoms with Gasteiger partial charge < -0.3 is 19.7 Å². The van der Waals surface area contributed by atoms with E-state index in [1.165, 1.54) is 5.56 Å². The number of nitrogens with one attached hydrogen (secondary N) is 1. The molecule has 0 radical (unpaired) electrons. The summed E-state index contributed by atoms with van der Waals surface area (Å²) in [7, 11) is 1.62. The molecule has 206 valence electrons. The molecule has 0 spiro atoms. The van der Waals surface area contributed by atoms with E-state index in [0.29, 0.717) is 23.0 Å². The zero-order valence-corrected chi connectivity index (χ0v) is 23.5. The van der Waals surface area contributed by atoms with Crippen molar-refractivity contribution in [3.05, 3.63) is 89.5 Å². The van der Waals surface area contributed by atoms with E-state index in [2.05, 4.69) is 34.5 Å². The van der Waals surface area contributed by atoms with Gasteiger partial charge in [-0.15, -0.1) is 0 Å². The molecule has 1 aliphatic heterocycles. The van der Waals surface area contributed by atoms with Gasteiger partial charge in [-0.1, -0.05) is 56.3 Å². The summed E-state index contributed by atoms with van der Waals surface area (Å²) in [5, 5.41) is 3.02.